The zero-order chi connectivity index (χ0) is 8.27. The molecule has 0 bridgehead atoms. The molecule has 1 aromatic rings. The molecule has 74 valence electrons. The Hall–Kier alpha value is -0.870. The number of halogens is 2. The van der Waals surface area contributed by atoms with Crippen LogP contribution in [0.25, 0.3) is 0 Å². The van der Waals surface area contributed by atoms with Gasteiger partial charge in [0, 0.05) is 12.4 Å². The molecule has 1 atom stereocenters. The van der Waals surface area contributed by atoms with Crippen molar-refractivity contribution >= 4 is 30.8 Å². The van der Waals surface area contributed by atoms with E-state index in [-0.39, 0.29) is 24.8 Å². The van der Waals surface area contributed by atoms with E-state index in [1.54, 1.807) is 13.0 Å². The highest BCUT2D eigenvalue weighted by molar-refractivity contribution is 5.85. The lowest BCUT2D eigenvalue weighted by Gasteiger charge is -2.01. The van der Waals surface area contributed by atoms with E-state index >= 15 is 0 Å². The molecule has 0 aromatic carbocycles. The SMILES string of the molecule is CC(C(=O)O)c1ncccn1.Cl.Cl. The normalized spacial score (nSPS) is 10.5. The number of nitrogens with zero attached hydrogens (tertiary/aromatic N) is 2. The zero-order valence-electron chi connectivity index (χ0n) is 6.88. The van der Waals surface area contributed by atoms with Gasteiger partial charge in [0.1, 0.15) is 11.7 Å². The minimum Gasteiger partial charge on any atom is -0.481 e. The number of hydrogen-bond donors (Lipinski definition) is 1. The first kappa shape index (κ1) is 14.6. The Morgan fingerprint density at radius 2 is 1.85 bits per heavy atom. The maximum absolute atomic E-state index is 10.4. The van der Waals surface area contributed by atoms with Crippen molar-refractivity contribution in [2.24, 2.45) is 0 Å². The summed E-state index contributed by atoms with van der Waals surface area (Å²) in [5, 5.41) is 8.56. The molecule has 13 heavy (non-hydrogen) atoms. The van der Waals surface area contributed by atoms with Crippen molar-refractivity contribution in [2.75, 3.05) is 0 Å². The number of rotatable bonds is 2. The van der Waals surface area contributed by atoms with Crippen LogP contribution >= 0.6 is 24.8 Å². The first-order valence-corrected chi connectivity index (χ1v) is 3.21. The summed E-state index contributed by atoms with van der Waals surface area (Å²) in [6.07, 6.45) is 3.06. The molecule has 0 saturated carbocycles. The fraction of sp³-hybridized carbons (Fsp3) is 0.286. The fourth-order valence-corrected chi connectivity index (χ4v) is 0.645. The van der Waals surface area contributed by atoms with Crippen LogP contribution in [0.1, 0.15) is 18.7 Å². The van der Waals surface area contributed by atoms with Crippen LogP contribution in [0.5, 0.6) is 0 Å². The van der Waals surface area contributed by atoms with Gasteiger partial charge in [0.25, 0.3) is 0 Å². The molecule has 0 amide bonds. The van der Waals surface area contributed by atoms with E-state index in [0.717, 1.165) is 0 Å². The number of carboxylic acids is 1. The maximum Gasteiger partial charge on any atom is 0.313 e. The van der Waals surface area contributed by atoms with Crippen molar-refractivity contribution in [3.63, 3.8) is 0 Å². The lowest BCUT2D eigenvalue weighted by Crippen LogP contribution is -2.10. The van der Waals surface area contributed by atoms with E-state index in [9.17, 15) is 4.79 Å². The Labute approximate surface area is 88.2 Å². The van der Waals surface area contributed by atoms with Crippen molar-refractivity contribution in [2.45, 2.75) is 12.8 Å². The molecule has 0 aliphatic carbocycles. The second-order valence-electron chi connectivity index (χ2n) is 2.17. The molecule has 1 aromatic heterocycles. The van der Waals surface area contributed by atoms with E-state index in [1.807, 2.05) is 0 Å². The van der Waals surface area contributed by atoms with Crippen molar-refractivity contribution in [1.29, 1.82) is 0 Å². The molecule has 0 radical (unpaired) electrons. The van der Waals surface area contributed by atoms with E-state index in [2.05, 4.69) is 9.97 Å². The minimum absolute atomic E-state index is 0. The summed E-state index contributed by atoms with van der Waals surface area (Å²) in [4.78, 5) is 18.0. The highest BCUT2D eigenvalue weighted by atomic mass is 35.5. The van der Waals surface area contributed by atoms with Gasteiger partial charge >= 0.3 is 5.97 Å². The summed E-state index contributed by atoms with van der Waals surface area (Å²) >= 11 is 0. The topological polar surface area (TPSA) is 63.1 Å². The molecule has 1 unspecified atom stereocenters. The standard InChI is InChI=1S/C7H8N2O2.2ClH/c1-5(7(10)11)6-8-3-2-4-9-6;;/h2-5H,1H3,(H,10,11);2*1H. The maximum atomic E-state index is 10.4. The highest BCUT2D eigenvalue weighted by Crippen LogP contribution is 2.07. The third kappa shape index (κ3) is 4.05. The van der Waals surface area contributed by atoms with Gasteiger partial charge in [-0.05, 0) is 13.0 Å². The van der Waals surface area contributed by atoms with Gasteiger partial charge in [-0.15, -0.1) is 24.8 Å². The smallest absolute Gasteiger partial charge is 0.313 e. The van der Waals surface area contributed by atoms with Crippen molar-refractivity contribution in [1.82, 2.24) is 9.97 Å². The quantitative estimate of drug-likeness (QED) is 0.828. The number of hydrogen-bond acceptors (Lipinski definition) is 3. The van der Waals surface area contributed by atoms with E-state index in [1.165, 1.54) is 12.4 Å². The average Bonchev–Trinajstić information content (AvgIpc) is 2.05. The lowest BCUT2D eigenvalue weighted by molar-refractivity contribution is -0.138. The van der Waals surface area contributed by atoms with Gasteiger partial charge in [-0.3, -0.25) is 4.79 Å². The first-order chi connectivity index (χ1) is 5.22. The molecule has 1 rings (SSSR count). The number of aromatic nitrogens is 2. The van der Waals surface area contributed by atoms with Gasteiger partial charge in [-0.2, -0.15) is 0 Å². The summed E-state index contributed by atoms with van der Waals surface area (Å²) in [5.74, 6) is -1.19. The molecule has 0 aliphatic rings. The molecule has 1 heterocycles. The number of carboxylic acid groups (broad SMARTS) is 1. The van der Waals surface area contributed by atoms with E-state index in [4.69, 9.17) is 5.11 Å². The second-order valence-corrected chi connectivity index (χ2v) is 2.17. The molecule has 0 aliphatic heterocycles. The monoisotopic (exact) mass is 224 g/mol. The summed E-state index contributed by atoms with van der Waals surface area (Å²) in [5.41, 5.74) is 0. The van der Waals surface area contributed by atoms with Crippen LogP contribution < -0.4 is 0 Å². The van der Waals surface area contributed by atoms with Gasteiger partial charge in [0.05, 0.1) is 0 Å². The highest BCUT2D eigenvalue weighted by Gasteiger charge is 2.15. The average molecular weight is 225 g/mol. The Morgan fingerprint density at radius 1 is 1.38 bits per heavy atom. The molecular weight excluding hydrogens is 215 g/mol. The van der Waals surface area contributed by atoms with Crippen molar-refractivity contribution in [3.05, 3.63) is 24.3 Å². The predicted octanol–water partition coefficient (Wildman–Crippen LogP) is 1.51. The minimum atomic E-state index is -0.906. The van der Waals surface area contributed by atoms with Crippen molar-refractivity contribution < 1.29 is 9.90 Å². The number of aliphatic carboxylic acids is 1. The van der Waals surface area contributed by atoms with E-state index in [0.29, 0.717) is 5.82 Å². The van der Waals surface area contributed by atoms with Crippen LogP contribution in [0.15, 0.2) is 18.5 Å². The lowest BCUT2D eigenvalue weighted by atomic mass is 10.2. The van der Waals surface area contributed by atoms with Crippen LogP contribution in [0.3, 0.4) is 0 Å². The van der Waals surface area contributed by atoms with Crippen molar-refractivity contribution in [3.8, 4) is 0 Å². The molecular formula is C7H10Cl2N2O2. The third-order valence-corrected chi connectivity index (χ3v) is 1.34. The van der Waals surface area contributed by atoms with Gasteiger partial charge in [0.15, 0.2) is 0 Å². The summed E-state index contributed by atoms with van der Waals surface area (Å²) < 4.78 is 0. The van der Waals surface area contributed by atoms with Gasteiger partial charge in [-0.25, -0.2) is 9.97 Å². The molecule has 4 nitrogen and oxygen atoms in total. The molecule has 1 N–H and O–H groups in total. The molecule has 0 spiro atoms. The zero-order valence-corrected chi connectivity index (χ0v) is 8.51. The van der Waals surface area contributed by atoms with Crippen LogP contribution in [-0.2, 0) is 4.79 Å². The predicted molar refractivity (Wildman–Crippen MR) is 52.6 cm³/mol. The number of carbonyl (C=O) groups is 1. The second kappa shape index (κ2) is 6.62. The Bertz CT molecular complexity index is 256. The fourth-order valence-electron chi connectivity index (χ4n) is 0.645. The van der Waals surface area contributed by atoms with Gasteiger partial charge in [0.2, 0.25) is 0 Å². The third-order valence-electron chi connectivity index (χ3n) is 1.34. The van der Waals surface area contributed by atoms with Gasteiger partial charge < -0.3 is 5.11 Å². The Morgan fingerprint density at radius 3 is 2.23 bits per heavy atom. The summed E-state index contributed by atoms with van der Waals surface area (Å²) in [6.45, 7) is 1.55. The Kier molecular flexibility index (Phi) is 7.46. The molecule has 0 saturated heterocycles. The Balaban J connectivity index is 0. The van der Waals surface area contributed by atoms with Crippen LogP contribution in [0.4, 0.5) is 0 Å². The largest absolute Gasteiger partial charge is 0.481 e. The molecule has 0 fully saturated rings. The summed E-state index contributed by atoms with van der Waals surface area (Å²) in [7, 11) is 0. The van der Waals surface area contributed by atoms with Gasteiger partial charge in [-0.1, -0.05) is 0 Å². The molecule has 6 heteroatoms. The van der Waals surface area contributed by atoms with Crippen LogP contribution in [0, 0.1) is 0 Å². The van der Waals surface area contributed by atoms with E-state index < -0.39 is 11.9 Å². The van der Waals surface area contributed by atoms with Crippen LogP contribution in [-0.4, -0.2) is 21.0 Å². The van der Waals surface area contributed by atoms with Crippen LogP contribution in [0.2, 0.25) is 0 Å². The summed E-state index contributed by atoms with van der Waals surface area (Å²) in [6, 6.07) is 1.65. The first-order valence-electron chi connectivity index (χ1n) is 3.21.